The molecule has 7 nitrogen and oxygen atoms in total. The van der Waals surface area contributed by atoms with Gasteiger partial charge in [0, 0.05) is 26.2 Å². The monoisotopic (exact) mass is 382 g/mol. The number of phenolic OH excluding ortho intramolecular Hbond substituents is 1. The Morgan fingerprint density at radius 2 is 1.68 bits per heavy atom. The second-order valence-electron chi connectivity index (χ2n) is 7.15. The minimum Gasteiger partial charge on any atom is -0.508 e. The van der Waals surface area contributed by atoms with Crippen LogP contribution in [0.25, 0.3) is 0 Å². The number of hydrogen-bond donors (Lipinski definition) is 1. The van der Waals surface area contributed by atoms with Crippen LogP contribution in [0.5, 0.6) is 5.75 Å². The van der Waals surface area contributed by atoms with E-state index in [1.807, 2.05) is 12.1 Å². The Bertz CT molecular complexity index is 903. The third-order valence-electron chi connectivity index (χ3n) is 5.16. The van der Waals surface area contributed by atoms with Crippen molar-refractivity contribution >= 4 is 0 Å². The van der Waals surface area contributed by atoms with E-state index < -0.39 is 0 Å². The van der Waals surface area contributed by atoms with Gasteiger partial charge in [-0.1, -0.05) is 24.3 Å². The van der Waals surface area contributed by atoms with Crippen LogP contribution in [-0.4, -0.2) is 68.3 Å². The summed E-state index contributed by atoms with van der Waals surface area (Å²) in [6.45, 7) is 4.18. The Morgan fingerprint density at radius 3 is 2.36 bits per heavy atom. The molecule has 28 heavy (non-hydrogen) atoms. The molecule has 0 spiro atoms. The van der Waals surface area contributed by atoms with Crippen LogP contribution in [-0.2, 0) is 6.54 Å². The summed E-state index contributed by atoms with van der Waals surface area (Å²) in [7, 11) is 2.12. The van der Waals surface area contributed by atoms with Gasteiger partial charge in [-0.05, 0) is 52.9 Å². The highest BCUT2D eigenvalue weighted by Crippen LogP contribution is 2.29. The largest absolute Gasteiger partial charge is 0.508 e. The van der Waals surface area contributed by atoms with Crippen LogP contribution in [0.2, 0.25) is 0 Å². The van der Waals surface area contributed by atoms with Gasteiger partial charge in [-0.25, -0.2) is 9.07 Å². The van der Waals surface area contributed by atoms with Crippen LogP contribution >= 0.6 is 0 Å². The van der Waals surface area contributed by atoms with Gasteiger partial charge in [0.25, 0.3) is 0 Å². The lowest BCUT2D eigenvalue weighted by molar-refractivity contribution is 0.121. The summed E-state index contributed by atoms with van der Waals surface area (Å²) in [6, 6.07) is 13.4. The zero-order valence-corrected chi connectivity index (χ0v) is 15.7. The number of likely N-dealkylation sites (N-methyl/N-ethyl adjacent to an activating group) is 1. The number of phenols is 1. The molecule has 1 aliphatic rings. The van der Waals surface area contributed by atoms with Crippen molar-refractivity contribution in [1.29, 1.82) is 0 Å². The Balaban J connectivity index is 1.67. The number of aromatic nitrogens is 4. The molecule has 1 atom stereocenters. The Labute approximate surface area is 163 Å². The second-order valence-corrected chi connectivity index (χ2v) is 7.15. The maximum Gasteiger partial charge on any atom is 0.173 e. The second kappa shape index (κ2) is 8.04. The minimum atomic E-state index is -0.264. The van der Waals surface area contributed by atoms with Crippen LogP contribution in [0.1, 0.15) is 23.0 Å². The lowest BCUT2D eigenvalue weighted by Crippen LogP contribution is -2.46. The number of aromatic hydroxyl groups is 1. The van der Waals surface area contributed by atoms with Crippen molar-refractivity contribution in [2.24, 2.45) is 0 Å². The van der Waals surface area contributed by atoms with Gasteiger partial charge in [0.1, 0.15) is 11.6 Å². The first-order valence-corrected chi connectivity index (χ1v) is 9.32. The van der Waals surface area contributed by atoms with Crippen LogP contribution in [0.15, 0.2) is 48.5 Å². The summed E-state index contributed by atoms with van der Waals surface area (Å²) < 4.78 is 15.0. The van der Waals surface area contributed by atoms with Gasteiger partial charge in [0.2, 0.25) is 0 Å². The summed E-state index contributed by atoms with van der Waals surface area (Å²) in [5.41, 5.74) is 1.95. The lowest BCUT2D eigenvalue weighted by atomic mass is 10.0. The van der Waals surface area contributed by atoms with Crippen molar-refractivity contribution in [3.63, 3.8) is 0 Å². The van der Waals surface area contributed by atoms with Crippen molar-refractivity contribution in [3.8, 4) is 5.75 Å². The molecule has 146 valence electrons. The number of benzene rings is 2. The van der Waals surface area contributed by atoms with E-state index in [1.165, 1.54) is 12.1 Å². The predicted octanol–water partition coefficient (Wildman–Crippen LogP) is 1.90. The third-order valence-corrected chi connectivity index (χ3v) is 5.16. The zero-order chi connectivity index (χ0) is 19.5. The molecule has 4 rings (SSSR count). The van der Waals surface area contributed by atoms with Gasteiger partial charge in [-0.2, -0.15) is 0 Å². The minimum absolute atomic E-state index is 0.121. The van der Waals surface area contributed by atoms with E-state index in [9.17, 15) is 9.50 Å². The predicted molar refractivity (Wildman–Crippen MR) is 102 cm³/mol. The van der Waals surface area contributed by atoms with Crippen molar-refractivity contribution in [2.75, 3.05) is 33.2 Å². The van der Waals surface area contributed by atoms with Gasteiger partial charge < -0.3 is 10.0 Å². The van der Waals surface area contributed by atoms with Crippen LogP contribution in [0.4, 0.5) is 4.39 Å². The van der Waals surface area contributed by atoms with E-state index in [4.69, 9.17) is 0 Å². The molecule has 8 heteroatoms. The Hall–Kier alpha value is -2.84. The molecule has 0 saturated carbocycles. The molecule has 2 aromatic carbocycles. The number of tetrazole rings is 1. The maximum atomic E-state index is 13.2. The van der Waals surface area contributed by atoms with E-state index in [2.05, 4.69) is 32.4 Å². The molecular formula is C20H23FN6O. The van der Waals surface area contributed by atoms with E-state index in [0.29, 0.717) is 6.54 Å². The van der Waals surface area contributed by atoms with E-state index in [-0.39, 0.29) is 17.6 Å². The zero-order valence-electron chi connectivity index (χ0n) is 15.7. The summed E-state index contributed by atoms with van der Waals surface area (Å²) >= 11 is 0. The fourth-order valence-corrected chi connectivity index (χ4v) is 3.54. The number of halogens is 1. The van der Waals surface area contributed by atoms with Crippen molar-refractivity contribution in [2.45, 2.75) is 12.6 Å². The smallest absolute Gasteiger partial charge is 0.173 e. The van der Waals surface area contributed by atoms with Gasteiger partial charge in [0.05, 0.1) is 12.6 Å². The highest BCUT2D eigenvalue weighted by molar-refractivity contribution is 5.31. The molecular weight excluding hydrogens is 359 g/mol. The fourth-order valence-electron chi connectivity index (χ4n) is 3.54. The van der Waals surface area contributed by atoms with E-state index >= 15 is 0 Å². The first kappa shape index (κ1) is 18.5. The summed E-state index contributed by atoms with van der Waals surface area (Å²) in [4.78, 5) is 4.66. The maximum absolute atomic E-state index is 13.2. The normalized spacial score (nSPS) is 16.9. The molecule has 1 saturated heterocycles. The molecule has 0 aliphatic carbocycles. The molecule has 1 aromatic heterocycles. The first-order chi connectivity index (χ1) is 13.6. The highest BCUT2D eigenvalue weighted by Gasteiger charge is 2.30. The average Bonchev–Trinajstić information content (AvgIpc) is 3.14. The van der Waals surface area contributed by atoms with E-state index in [0.717, 1.165) is 43.1 Å². The molecule has 0 amide bonds. The lowest BCUT2D eigenvalue weighted by Gasteiger charge is -2.37. The van der Waals surface area contributed by atoms with Gasteiger partial charge in [0.15, 0.2) is 5.82 Å². The molecule has 2 heterocycles. The average molecular weight is 382 g/mol. The molecule has 0 unspecified atom stereocenters. The number of hydrogen-bond acceptors (Lipinski definition) is 6. The number of piperazine rings is 1. The Morgan fingerprint density at radius 1 is 1.00 bits per heavy atom. The molecule has 3 aromatic rings. The number of rotatable bonds is 5. The summed E-state index contributed by atoms with van der Waals surface area (Å²) in [5, 5.41) is 22.1. The molecule has 1 N–H and O–H groups in total. The van der Waals surface area contributed by atoms with Crippen LogP contribution in [0.3, 0.4) is 0 Å². The first-order valence-electron chi connectivity index (χ1n) is 9.32. The molecule has 1 aliphatic heterocycles. The fraction of sp³-hybridized carbons (Fsp3) is 0.350. The van der Waals surface area contributed by atoms with Crippen LogP contribution in [0, 0.1) is 5.82 Å². The van der Waals surface area contributed by atoms with Gasteiger partial charge >= 0.3 is 0 Å². The quantitative estimate of drug-likeness (QED) is 0.727. The highest BCUT2D eigenvalue weighted by atomic mass is 19.1. The van der Waals surface area contributed by atoms with Crippen molar-refractivity contribution < 1.29 is 9.50 Å². The van der Waals surface area contributed by atoms with Gasteiger partial charge in [-0.15, -0.1) is 5.10 Å². The SMILES string of the molecule is CN1CCN([C@@H](c2ccc(O)cc2)c2nnnn2Cc2ccc(F)cc2)CC1. The third kappa shape index (κ3) is 4.02. The molecule has 0 bridgehead atoms. The molecule has 0 radical (unpaired) electrons. The Kier molecular flexibility index (Phi) is 5.31. The van der Waals surface area contributed by atoms with E-state index in [1.54, 1.807) is 28.9 Å². The topological polar surface area (TPSA) is 70.3 Å². The number of nitrogens with zero attached hydrogens (tertiary/aromatic N) is 6. The standard InChI is InChI=1S/C20H23FN6O/c1-25-10-12-26(13-11-25)19(16-4-8-18(28)9-5-16)20-22-23-24-27(20)14-15-2-6-17(21)7-3-15/h2-9,19,28H,10-14H2,1H3/t19-/m0/s1. The summed E-state index contributed by atoms with van der Waals surface area (Å²) in [5.74, 6) is 0.700. The van der Waals surface area contributed by atoms with Crippen molar-refractivity contribution in [1.82, 2.24) is 30.0 Å². The van der Waals surface area contributed by atoms with Crippen LogP contribution < -0.4 is 0 Å². The molecule has 1 fully saturated rings. The summed E-state index contributed by atoms with van der Waals surface area (Å²) in [6.07, 6.45) is 0. The van der Waals surface area contributed by atoms with Crippen molar-refractivity contribution in [3.05, 3.63) is 71.3 Å². The van der Waals surface area contributed by atoms with Gasteiger partial charge in [-0.3, -0.25) is 4.90 Å².